The molecule has 0 aliphatic heterocycles. The van der Waals surface area contributed by atoms with E-state index in [1.165, 1.54) is 0 Å². The fourth-order valence-electron chi connectivity index (χ4n) is 1.29. The molecule has 0 aliphatic rings. The number of nitrogens with two attached hydrogens (primary N) is 1. The maximum atomic E-state index is 11.7. The Morgan fingerprint density at radius 3 is 2.93 bits per heavy atom. The van der Waals surface area contributed by atoms with Crippen LogP contribution in [0, 0.1) is 12.8 Å². The Bertz CT molecular complexity index is 334. The molecule has 4 nitrogen and oxygen atoms in total. The summed E-state index contributed by atoms with van der Waals surface area (Å²) < 4.78 is 0. The smallest absolute Gasteiger partial charge is 0.228 e. The molecule has 0 aliphatic carbocycles. The first kappa shape index (κ1) is 11.7. The first-order valence-corrected chi connectivity index (χ1v) is 5.10. The standard InChI is InChI=1S/C11H17N3O/c1-3-9(6-12)11(15)14-10-7-13-5-4-8(10)2/h4-5,7,9H,3,6,12H2,1-2H3,(H,14,15). The maximum Gasteiger partial charge on any atom is 0.228 e. The van der Waals surface area contributed by atoms with E-state index < -0.39 is 0 Å². The van der Waals surface area contributed by atoms with Gasteiger partial charge in [-0.3, -0.25) is 9.78 Å². The van der Waals surface area contributed by atoms with E-state index >= 15 is 0 Å². The van der Waals surface area contributed by atoms with Gasteiger partial charge in [0.15, 0.2) is 0 Å². The summed E-state index contributed by atoms with van der Waals surface area (Å²) in [6.45, 7) is 4.26. The lowest BCUT2D eigenvalue weighted by Crippen LogP contribution is -2.28. The number of pyridine rings is 1. The highest BCUT2D eigenvalue weighted by atomic mass is 16.1. The van der Waals surface area contributed by atoms with Gasteiger partial charge in [-0.1, -0.05) is 6.92 Å². The number of aromatic nitrogens is 1. The molecular formula is C11H17N3O. The second kappa shape index (κ2) is 5.46. The molecule has 0 saturated carbocycles. The Balaban J connectivity index is 2.70. The van der Waals surface area contributed by atoms with Crippen LogP contribution in [0.4, 0.5) is 5.69 Å². The van der Waals surface area contributed by atoms with Gasteiger partial charge in [-0.15, -0.1) is 0 Å². The second-order valence-electron chi connectivity index (χ2n) is 3.52. The lowest BCUT2D eigenvalue weighted by atomic mass is 10.1. The van der Waals surface area contributed by atoms with Crippen molar-refractivity contribution in [1.29, 1.82) is 0 Å². The predicted octanol–water partition coefficient (Wildman–Crippen LogP) is 1.31. The minimum absolute atomic E-state index is 0.0314. The monoisotopic (exact) mass is 207 g/mol. The Morgan fingerprint density at radius 1 is 1.67 bits per heavy atom. The molecule has 0 radical (unpaired) electrons. The minimum Gasteiger partial charge on any atom is -0.330 e. The van der Waals surface area contributed by atoms with Crippen molar-refractivity contribution in [3.63, 3.8) is 0 Å². The van der Waals surface area contributed by atoms with Gasteiger partial charge in [-0.05, 0) is 25.0 Å². The summed E-state index contributed by atoms with van der Waals surface area (Å²) in [5, 5.41) is 2.83. The van der Waals surface area contributed by atoms with Gasteiger partial charge < -0.3 is 11.1 Å². The van der Waals surface area contributed by atoms with Crippen LogP contribution in [0.2, 0.25) is 0 Å². The summed E-state index contributed by atoms with van der Waals surface area (Å²) in [6, 6.07) is 1.86. The Labute approximate surface area is 89.9 Å². The molecular weight excluding hydrogens is 190 g/mol. The van der Waals surface area contributed by atoms with E-state index in [1.54, 1.807) is 12.4 Å². The van der Waals surface area contributed by atoms with E-state index in [4.69, 9.17) is 5.73 Å². The molecule has 0 bridgehead atoms. The maximum absolute atomic E-state index is 11.7. The largest absolute Gasteiger partial charge is 0.330 e. The number of anilines is 1. The van der Waals surface area contributed by atoms with Gasteiger partial charge in [0.05, 0.1) is 17.8 Å². The second-order valence-corrected chi connectivity index (χ2v) is 3.52. The number of hydrogen-bond donors (Lipinski definition) is 2. The normalized spacial score (nSPS) is 12.2. The van der Waals surface area contributed by atoms with Crippen LogP contribution in [-0.4, -0.2) is 17.4 Å². The summed E-state index contributed by atoms with van der Waals surface area (Å²) in [5.74, 6) is -0.152. The van der Waals surface area contributed by atoms with Crippen LogP contribution in [0.5, 0.6) is 0 Å². The van der Waals surface area contributed by atoms with Crippen LogP contribution >= 0.6 is 0 Å². The van der Waals surface area contributed by atoms with E-state index in [1.807, 2.05) is 19.9 Å². The molecule has 3 N–H and O–H groups in total. The van der Waals surface area contributed by atoms with Gasteiger partial charge in [0.25, 0.3) is 0 Å². The molecule has 0 fully saturated rings. The molecule has 1 heterocycles. The number of nitrogens with zero attached hydrogens (tertiary/aromatic N) is 1. The van der Waals surface area contributed by atoms with E-state index in [-0.39, 0.29) is 11.8 Å². The number of amides is 1. The van der Waals surface area contributed by atoms with Crippen molar-refractivity contribution in [1.82, 2.24) is 4.98 Å². The lowest BCUT2D eigenvalue weighted by Gasteiger charge is -2.13. The zero-order chi connectivity index (χ0) is 11.3. The topological polar surface area (TPSA) is 68.0 Å². The van der Waals surface area contributed by atoms with Gasteiger partial charge >= 0.3 is 0 Å². The summed E-state index contributed by atoms with van der Waals surface area (Å²) in [5.41, 5.74) is 7.26. The molecule has 1 rings (SSSR count). The van der Waals surface area contributed by atoms with E-state index in [9.17, 15) is 4.79 Å². The molecule has 0 saturated heterocycles. The van der Waals surface area contributed by atoms with Crippen LogP contribution in [0.25, 0.3) is 0 Å². The number of hydrogen-bond acceptors (Lipinski definition) is 3. The van der Waals surface area contributed by atoms with Crippen LogP contribution in [0.15, 0.2) is 18.5 Å². The molecule has 1 atom stereocenters. The van der Waals surface area contributed by atoms with Gasteiger partial charge in [0.1, 0.15) is 0 Å². The van der Waals surface area contributed by atoms with Crippen molar-refractivity contribution < 1.29 is 4.79 Å². The fourth-order valence-corrected chi connectivity index (χ4v) is 1.29. The molecule has 82 valence electrons. The van der Waals surface area contributed by atoms with E-state index in [0.717, 1.165) is 17.7 Å². The molecule has 0 aromatic carbocycles. The summed E-state index contributed by atoms with van der Waals surface area (Å²) in [4.78, 5) is 15.7. The summed E-state index contributed by atoms with van der Waals surface area (Å²) >= 11 is 0. The highest BCUT2D eigenvalue weighted by molar-refractivity contribution is 5.93. The lowest BCUT2D eigenvalue weighted by molar-refractivity contribution is -0.119. The number of carbonyl (C=O) groups excluding carboxylic acids is 1. The molecule has 1 unspecified atom stereocenters. The van der Waals surface area contributed by atoms with Gasteiger partial charge in [0, 0.05) is 12.7 Å². The molecule has 4 heteroatoms. The first-order valence-electron chi connectivity index (χ1n) is 5.10. The molecule has 1 aromatic rings. The van der Waals surface area contributed by atoms with Crippen molar-refractivity contribution in [3.05, 3.63) is 24.0 Å². The predicted molar refractivity (Wildman–Crippen MR) is 60.4 cm³/mol. The zero-order valence-corrected chi connectivity index (χ0v) is 9.16. The highest BCUT2D eigenvalue weighted by Gasteiger charge is 2.14. The fraction of sp³-hybridized carbons (Fsp3) is 0.455. The van der Waals surface area contributed by atoms with Gasteiger partial charge in [-0.25, -0.2) is 0 Å². The van der Waals surface area contributed by atoms with Crippen molar-refractivity contribution in [2.75, 3.05) is 11.9 Å². The van der Waals surface area contributed by atoms with Gasteiger partial charge in [0.2, 0.25) is 5.91 Å². The first-order chi connectivity index (χ1) is 7.19. The van der Waals surface area contributed by atoms with Crippen LogP contribution in [0.1, 0.15) is 18.9 Å². The van der Waals surface area contributed by atoms with Crippen LogP contribution in [0.3, 0.4) is 0 Å². The Kier molecular flexibility index (Phi) is 4.24. The number of carbonyl (C=O) groups is 1. The quantitative estimate of drug-likeness (QED) is 0.782. The third-order valence-electron chi connectivity index (χ3n) is 2.45. The molecule has 0 spiro atoms. The highest BCUT2D eigenvalue weighted by Crippen LogP contribution is 2.13. The van der Waals surface area contributed by atoms with Crippen molar-refractivity contribution in [3.8, 4) is 0 Å². The van der Waals surface area contributed by atoms with Crippen molar-refractivity contribution in [2.45, 2.75) is 20.3 Å². The number of rotatable bonds is 4. The average molecular weight is 207 g/mol. The number of aryl methyl sites for hydroxylation is 1. The van der Waals surface area contributed by atoms with E-state index in [0.29, 0.717) is 6.54 Å². The number of nitrogens with one attached hydrogen (secondary N) is 1. The summed E-state index contributed by atoms with van der Waals surface area (Å²) in [7, 11) is 0. The van der Waals surface area contributed by atoms with Crippen molar-refractivity contribution in [2.24, 2.45) is 11.7 Å². The molecule has 15 heavy (non-hydrogen) atoms. The van der Waals surface area contributed by atoms with E-state index in [2.05, 4.69) is 10.3 Å². The summed E-state index contributed by atoms with van der Waals surface area (Å²) in [6.07, 6.45) is 4.10. The third-order valence-corrected chi connectivity index (χ3v) is 2.45. The van der Waals surface area contributed by atoms with Crippen LogP contribution in [-0.2, 0) is 4.79 Å². The SMILES string of the molecule is CCC(CN)C(=O)Nc1cnccc1C. The van der Waals surface area contributed by atoms with Gasteiger partial charge in [-0.2, -0.15) is 0 Å². The Hall–Kier alpha value is -1.42. The average Bonchev–Trinajstić information content (AvgIpc) is 2.23. The van der Waals surface area contributed by atoms with Crippen LogP contribution < -0.4 is 11.1 Å². The minimum atomic E-state index is -0.121. The molecule has 1 aromatic heterocycles. The third kappa shape index (κ3) is 3.02. The Morgan fingerprint density at radius 2 is 2.40 bits per heavy atom. The molecule has 1 amide bonds. The van der Waals surface area contributed by atoms with Crippen molar-refractivity contribution >= 4 is 11.6 Å². The zero-order valence-electron chi connectivity index (χ0n) is 9.16.